The number of hydrogen-bond acceptors (Lipinski definition) is 9. The summed E-state index contributed by atoms with van der Waals surface area (Å²) in [6, 6.07) is -0.716. The Labute approximate surface area is 128 Å². The highest BCUT2D eigenvalue weighted by atomic mass is 16.4. The van der Waals surface area contributed by atoms with Crippen molar-refractivity contribution in [1.82, 2.24) is 0 Å². The van der Waals surface area contributed by atoms with E-state index in [9.17, 15) is 9.59 Å². The topological polar surface area (TPSA) is 208 Å². The molecule has 0 aliphatic rings. The van der Waals surface area contributed by atoms with Crippen molar-refractivity contribution < 1.29 is 40.2 Å². The van der Waals surface area contributed by atoms with Crippen molar-refractivity contribution in [2.75, 3.05) is 13.2 Å². The van der Waals surface area contributed by atoms with Crippen LogP contribution in [0.2, 0.25) is 0 Å². The van der Waals surface area contributed by atoms with Gasteiger partial charge in [0.1, 0.15) is 30.5 Å². The smallest absolute Gasteiger partial charge is 0.320 e. The van der Waals surface area contributed by atoms with Crippen LogP contribution in [-0.4, -0.2) is 86.5 Å². The number of carboxylic acids is 1. The highest BCUT2D eigenvalue weighted by Crippen LogP contribution is 2.03. The molecule has 0 fully saturated rings. The lowest BCUT2D eigenvalue weighted by Gasteiger charge is -2.22. The first-order valence-electron chi connectivity index (χ1n) is 6.69. The molecule has 0 heterocycles. The number of rotatable bonds is 10. The van der Waals surface area contributed by atoms with Gasteiger partial charge >= 0.3 is 5.97 Å². The van der Waals surface area contributed by atoms with E-state index < -0.39 is 43.0 Å². The Balaban J connectivity index is 0. The minimum atomic E-state index is -1.79. The van der Waals surface area contributed by atoms with Gasteiger partial charge in [0.25, 0.3) is 0 Å². The molecule has 132 valence electrons. The predicted octanol–water partition coefficient (Wildman–Crippen LogP) is -3.85. The molecule has 10 heteroatoms. The number of nitrogens with two attached hydrogens (primary N) is 2. The lowest BCUT2D eigenvalue weighted by molar-refractivity contribution is -0.138. The van der Waals surface area contributed by atoms with Gasteiger partial charge in [0.15, 0.2) is 6.29 Å². The fourth-order valence-electron chi connectivity index (χ4n) is 1.25. The molecule has 10 nitrogen and oxygen atoms in total. The summed E-state index contributed by atoms with van der Waals surface area (Å²) in [5.74, 6) is -0.933. The van der Waals surface area contributed by atoms with E-state index in [4.69, 9.17) is 42.1 Å². The highest BCUT2D eigenvalue weighted by molar-refractivity contribution is 5.72. The van der Waals surface area contributed by atoms with Crippen LogP contribution in [0.3, 0.4) is 0 Å². The van der Waals surface area contributed by atoms with Crippen LogP contribution in [0.1, 0.15) is 19.3 Å². The van der Waals surface area contributed by atoms with Crippen LogP contribution < -0.4 is 11.5 Å². The minimum absolute atomic E-state index is 0.0258. The molecule has 0 bridgehead atoms. The van der Waals surface area contributed by atoms with Crippen molar-refractivity contribution in [3.05, 3.63) is 0 Å². The molecule has 0 aliphatic heterocycles. The van der Waals surface area contributed by atoms with Crippen LogP contribution in [0.25, 0.3) is 0 Å². The van der Waals surface area contributed by atoms with Crippen LogP contribution in [0.4, 0.5) is 0 Å². The summed E-state index contributed by atoms with van der Waals surface area (Å²) in [4.78, 5) is 20.0. The molecule has 0 aliphatic carbocycles. The third kappa shape index (κ3) is 10.6. The second kappa shape index (κ2) is 13.5. The molecule has 0 saturated carbocycles. The number of aldehydes is 1. The second-order valence-corrected chi connectivity index (χ2v) is 4.59. The highest BCUT2D eigenvalue weighted by Gasteiger charge is 2.29. The van der Waals surface area contributed by atoms with Crippen LogP contribution in [0, 0.1) is 0 Å². The zero-order chi connectivity index (χ0) is 17.7. The Hall–Kier alpha value is -1.14. The number of unbranched alkanes of at least 4 members (excludes halogenated alkanes) is 1. The summed E-state index contributed by atoms with van der Waals surface area (Å²) in [5, 5.41) is 51.9. The Morgan fingerprint density at radius 2 is 1.64 bits per heavy atom. The maximum Gasteiger partial charge on any atom is 0.320 e. The van der Waals surface area contributed by atoms with Gasteiger partial charge in [0.2, 0.25) is 0 Å². The van der Waals surface area contributed by atoms with Crippen LogP contribution in [-0.2, 0) is 9.59 Å². The fraction of sp³-hybridized carbons (Fsp3) is 0.833. The fourth-order valence-corrected chi connectivity index (χ4v) is 1.25. The molecule has 0 radical (unpaired) electrons. The van der Waals surface area contributed by atoms with Gasteiger partial charge in [-0.3, -0.25) is 4.79 Å². The number of aliphatic hydroxyl groups excluding tert-OH is 5. The summed E-state index contributed by atoms with van der Waals surface area (Å²) in [6.07, 6.45) is -4.68. The lowest BCUT2D eigenvalue weighted by atomic mass is 10.0. The molecule has 22 heavy (non-hydrogen) atoms. The Bertz CT molecular complexity index is 305. The zero-order valence-electron chi connectivity index (χ0n) is 12.2. The third-order valence-electron chi connectivity index (χ3n) is 2.71. The van der Waals surface area contributed by atoms with Crippen LogP contribution in [0.5, 0.6) is 0 Å². The van der Waals surface area contributed by atoms with E-state index >= 15 is 0 Å². The first-order valence-corrected chi connectivity index (χ1v) is 6.69. The molecule has 0 spiro atoms. The Kier molecular flexibility index (Phi) is 14.2. The quantitative estimate of drug-likeness (QED) is 0.145. The molecule has 10 N–H and O–H groups in total. The van der Waals surface area contributed by atoms with Crippen molar-refractivity contribution >= 4 is 12.3 Å². The van der Waals surface area contributed by atoms with Crippen molar-refractivity contribution in [2.45, 2.75) is 49.7 Å². The van der Waals surface area contributed by atoms with Crippen molar-refractivity contribution in [2.24, 2.45) is 11.5 Å². The van der Waals surface area contributed by atoms with E-state index in [1.807, 2.05) is 0 Å². The molecular formula is C12H26N2O8. The number of aliphatic carboxylic acids is 1. The molecule has 5 atom stereocenters. The van der Waals surface area contributed by atoms with Gasteiger partial charge in [-0.1, -0.05) is 6.42 Å². The van der Waals surface area contributed by atoms with Gasteiger partial charge < -0.3 is 46.9 Å². The van der Waals surface area contributed by atoms with E-state index in [2.05, 4.69) is 0 Å². The zero-order valence-corrected chi connectivity index (χ0v) is 12.2. The van der Waals surface area contributed by atoms with Gasteiger partial charge in [-0.2, -0.15) is 0 Å². The average Bonchev–Trinajstić information content (AvgIpc) is 2.52. The molecule has 0 aromatic rings. The SMILES string of the molecule is NCCCC[C@H](N)C(=O)O.O=C[C@H](O)[C@@H](O)[C@@H](O)[C@H](O)CO. The number of carbonyl (C=O) groups is 2. The monoisotopic (exact) mass is 326 g/mol. The summed E-state index contributed by atoms with van der Waals surface area (Å²) in [5.41, 5.74) is 10.4. The minimum Gasteiger partial charge on any atom is -0.480 e. The van der Waals surface area contributed by atoms with E-state index in [0.717, 1.165) is 12.8 Å². The molecule has 0 aromatic carbocycles. The van der Waals surface area contributed by atoms with Crippen molar-refractivity contribution in [3.63, 3.8) is 0 Å². The van der Waals surface area contributed by atoms with Crippen LogP contribution in [0.15, 0.2) is 0 Å². The summed E-state index contributed by atoms with van der Waals surface area (Å²) < 4.78 is 0. The largest absolute Gasteiger partial charge is 0.480 e. The predicted molar refractivity (Wildman–Crippen MR) is 75.7 cm³/mol. The first-order chi connectivity index (χ1) is 10.2. The summed E-state index contributed by atoms with van der Waals surface area (Å²) in [6.45, 7) is -0.157. The van der Waals surface area contributed by atoms with Gasteiger partial charge in [0, 0.05) is 0 Å². The van der Waals surface area contributed by atoms with Gasteiger partial charge in [-0.25, -0.2) is 0 Å². The second-order valence-electron chi connectivity index (χ2n) is 4.59. The Morgan fingerprint density at radius 1 is 1.09 bits per heavy atom. The maximum atomic E-state index is 10.1. The molecule has 0 aromatic heterocycles. The van der Waals surface area contributed by atoms with Crippen LogP contribution >= 0.6 is 0 Å². The lowest BCUT2D eigenvalue weighted by Crippen LogP contribution is -2.46. The van der Waals surface area contributed by atoms with Crippen molar-refractivity contribution in [3.8, 4) is 0 Å². The van der Waals surface area contributed by atoms with Crippen molar-refractivity contribution in [1.29, 1.82) is 0 Å². The van der Waals surface area contributed by atoms with E-state index in [1.54, 1.807) is 0 Å². The summed E-state index contributed by atoms with van der Waals surface area (Å²) in [7, 11) is 0. The number of carbonyl (C=O) groups excluding carboxylic acids is 1. The molecule has 0 rings (SSSR count). The molecule has 0 unspecified atom stereocenters. The Morgan fingerprint density at radius 3 is 2.00 bits per heavy atom. The van der Waals surface area contributed by atoms with E-state index in [-0.39, 0.29) is 6.29 Å². The third-order valence-corrected chi connectivity index (χ3v) is 2.71. The van der Waals surface area contributed by atoms with Gasteiger partial charge in [0.05, 0.1) is 6.61 Å². The standard InChI is InChI=1S/C6H14N2O2.C6H12O6/c7-4-2-1-3-5(8)6(9)10;7-1-3(9)5(11)6(12)4(10)2-8/h5H,1-4,7-8H2,(H,9,10);1,3-6,8-12H,2H2/t5-;3-,4+,5+,6-/m00/s1. The molecule has 0 saturated heterocycles. The number of hydrogen-bond donors (Lipinski definition) is 8. The summed E-state index contributed by atoms with van der Waals surface area (Å²) >= 11 is 0. The normalized spacial score (nSPS) is 17.4. The first kappa shape index (κ1) is 23.1. The molecular weight excluding hydrogens is 300 g/mol. The van der Waals surface area contributed by atoms with Gasteiger partial charge in [-0.05, 0) is 19.4 Å². The van der Waals surface area contributed by atoms with Gasteiger partial charge in [-0.15, -0.1) is 0 Å². The number of aliphatic hydroxyl groups is 5. The average molecular weight is 326 g/mol. The molecule has 0 amide bonds. The maximum absolute atomic E-state index is 10.1. The van der Waals surface area contributed by atoms with E-state index in [0.29, 0.717) is 13.0 Å². The van der Waals surface area contributed by atoms with E-state index in [1.165, 1.54) is 0 Å². The number of carboxylic acid groups (broad SMARTS) is 1.